The van der Waals surface area contributed by atoms with Gasteiger partial charge in [-0.25, -0.2) is 8.42 Å². The van der Waals surface area contributed by atoms with Crippen LogP contribution in [0.2, 0.25) is 5.02 Å². The van der Waals surface area contributed by atoms with Crippen molar-refractivity contribution in [1.29, 1.82) is 0 Å². The predicted molar refractivity (Wildman–Crippen MR) is 148 cm³/mol. The van der Waals surface area contributed by atoms with Crippen molar-refractivity contribution >= 4 is 39.1 Å². The van der Waals surface area contributed by atoms with E-state index in [-0.39, 0.29) is 37.7 Å². The van der Waals surface area contributed by atoms with Gasteiger partial charge in [0.2, 0.25) is 21.8 Å². The Labute approximate surface area is 226 Å². The van der Waals surface area contributed by atoms with E-state index >= 15 is 0 Å². The normalized spacial score (nSPS) is 12.0. The number of amides is 2. The van der Waals surface area contributed by atoms with Gasteiger partial charge in [0.05, 0.1) is 18.6 Å². The maximum absolute atomic E-state index is 13.5. The molecule has 0 aliphatic carbocycles. The molecular formula is C27H38ClN3O5S. The molecule has 2 aromatic carbocycles. The fourth-order valence-corrected chi connectivity index (χ4v) is 5.09. The summed E-state index contributed by atoms with van der Waals surface area (Å²) in [6.45, 7) is 6.94. The van der Waals surface area contributed by atoms with E-state index < -0.39 is 16.1 Å². The highest BCUT2D eigenvalue weighted by Crippen LogP contribution is 2.30. The van der Waals surface area contributed by atoms with Crippen molar-refractivity contribution in [2.45, 2.75) is 59.0 Å². The van der Waals surface area contributed by atoms with Crippen LogP contribution in [0, 0.1) is 0 Å². The zero-order chi connectivity index (χ0) is 27.4. The number of carbonyl (C=O) groups is 2. The molecule has 37 heavy (non-hydrogen) atoms. The summed E-state index contributed by atoms with van der Waals surface area (Å²) in [5.74, 6) is 0.0415. The summed E-state index contributed by atoms with van der Waals surface area (Å²) in [4.78, 5) is 27.9. The molecule has 0 saturated carbocycles. The summed E-state index contributed by atoms with van der Waals surface area (Å²) in [5, 5.41) is 3.48. The summed E-state index contributed by atoms with van der Waals surface area (Å²) in [5.41, 5.74) is 1.28. The first-order valence-electron chi connectivity index (χ1n) is 12.6. The lowest BCUT2D eigenvalue weighted by Gasteiger charge is -2.31. The molecule has 1 atom stereocenters. The number of benzene rings is 2. The molecule has 2 rings (SSSR count). The van der Waals surface area contributed by atoms with Crippen molar-refractivity contribution in [2.75, 3.05) is 30.3 Å². The molecule has 204 valence electrons. The van der Waals surface area contributed by atoms with Crippen LogP contribution in [0.15, 0.2) is 48.5 Å². The lowest BCUT2D eigenvalue weighted by atomic mass is 10.1. The van der Waals surface area contributed by atoms with Gasteiger partial charge in [0.25, 0.3) is 0 Å². The Morgan fingerprint density at radius 2 is 1.73 bits per heavy atom. The second-order valence-electron chi connectivity index (χ2n) is 8.70. The van der Waals surface area contributed by atoms with Crippen LogP contribution in [0.3, 0.4) is 0 Å². The molecule has 0 bridgehead atoms. The lowest BCUT2D eigenvalue weighted by molar-refractivity contribution is -0.141. The number of anilines is 1. The zero-order valence-corrected chi connectivity index (χ0v) is 23.6. The van der Waals surface area contributed by atoms with Crippen LogP contribution in [0.1, 0.15) is 52.0 Å². The monoisotopic (exact) mass is 551 g/mol. The molecule has 8 nitrogen and oxygen atoms in total. The van der Waals surface area contributed by atoms with Crippen LogP contribution < -0.4 is 14.4 Å². The third kappa shape index (κ3) is 9.23. The maximum Gasteiger partial charge on any atom is 0.242 e. The quantitative estimate of drug-likeness (QED) is 0.348. The first-order chi connectivity index (χ1) is 17.6. The lowest BCUT2D eigenvalue weighted by Crippen LogP contribution is -2.49. The molecule has 0 unspecified atom stereocenters. The van der Waals surface area contributed by atoms with E-state index in [1.807, 2.05) is 32.9 Å². The van der Waals surface area contributed by atoms with Gasteiger partial charge in [-0.05, 0) is 56.0 Å². The van der Waals surface area contributed by atoms with Crippen molar-refractivity contribution in [3.8, 4) is 5.75 Å². The Hall–Kier alpha value is -2.78. The number of sulfonamides is 1. The predicted octanol–water partition coefficient (Wildman–Crippen LogP) is 4.62. The van der Waals surface area contributed by atoms with Gasteiger partial charge in [0.1, 0.15) is 11.8 Å². The molecule has 10 heteroatoms. The maximum atomic E-state index is 13.5. The number of nitrogens with one attached hydrogen (secondary N) is 1. The molecule has 0 aromatic heterocycles. The first kappa shape index (κ1) is 30.4. The van der Waals surface area contributed by atoms with Gasteiger partial charge in [0, 0.05) is 31.1 Å². The van der Waals surface area contributed by atoms with Crippen molar-refractivity contribution < 1.29 is 22.7 Å². The van der Waals surface area contributed by atoms with E-state index in [4.69, 9.17) is 16.3 Å². The number of hydrogen-bond acceptors (Lipinski definition) is 5. The molecule has 0 saturated heterocycles. The van der Waals surface area contributed by atoms with Gasteiger partial charge >= 0.3 is 0 Å². The van der Waals surface area contributed by atoms with Crippen LogP contribution in [0.4, 0.5) is 5.69 Å². The fourth-order valence-electron chi connectivity index (χ4n) is 4.00. The minimum atomic E-state index is -3.62. The van der Waals surface area contributed by atoms with Crippen LogP contribution in [-0.2, 0) is 26.2 Å². The molecule has 0 aliphatic heterocycles. The van der Waals surface area contributed by atoms with Gasteiger partial charge in [-0.3, -0.25) is 13.9 Å². The average Bonchev–Trinajstić information content (AvgIpc) is 2.86. The molecule has 0 radical (unpaired) electrons. The zero-order valence-electron chi connectivity index (χ0n) is 22.1. The number of halogens is 1. The molecule has 2 amide bonds. The summed E-state index contributed by atoms with van der Waals surface area (Å²) >= 11 is 6.02. The summed E-state index contributed by atoms with van der Waals surface area (Å²) in [6.07, 6.45) is 2.73. The molecule has 1 N–H and O–H groups in total. The first-order valence-corrected chi connectivity index (χ1v) is 14.9. The van der Waals surface area contributed by atoms with E-state index in [0.29, 0.717) is 36.0 Å². The molecular weight excluding hydrogens is 514 g/mol. The van der Waals surface area contributed by atoms with E-state index in [0.717, 1.165) is 18.2 Å². The molecule has 0 heterocycles. The van der Waals surface area contributed by atoms with Gasteiger partial charge in [-0.1, -0.05) is 49.7 Å². The number of rotatable bonds is 15. The number of ether oxygens (including phenoxy) is 1. The van der Waals surface area contributed by atoms with Crippen LogP contribution in [0.5, 0.6) is 5.75 Å². The second-order valence-corrected chi connectivity index (χ2v) is 11.0. The Morgan fingerprint density at radius 1 is 1.05 bits per heavy atom. The van der Waals surface area contributed by atoms with E-state index in [9.17, 15) is 18.0 Å². The fraction of sp³-hybridized carbons (Fsp3) is 0.481. The number of para-hydroxylation sites is 2. The smallest absolute Gasteiger partial charge is 0.242 e. The van der Waals surface area contributed by atoms with E-state index in [1.54, 1.807) is 41.3 Å². The Morgan fingerprint density at radius 3 is 2.32 bits per heavy atom. The Kier molecular flexibility index (Phi) is 12.2. The Balaban J connectivity index is 2.23. The number of hydrogen-bond donors (Lipinski definition) is 1. The number of carbonyl (C=O) groups excluding carboxylic acids is 2. The third-order valence-corrected chi connectivity index (χ3v) is 7.22. The van der Waals surface area contributed by atoms with Gasteiger partial charge in [-0.15, -0.1) is 0 Å². The standard InChI is InChI=1S/C27H38ClN3O5S/c1-5-18-29-27(33)23(6-2)30(20-21-14-16-22(28)17-15-21)26(32)13-10-19-31(37(4,34)35)24-11-8-9-12-25(24)36-7-3/h8-9,11-12,14-17,23H,5-7,10,13,18-20H2,1-4H3,(H,29,33)/t23-/m1/s1. The Bertz CT molecular complexity index is 1130. The highest BCUT2D eigenvalue weighted by Gasteiger charge is 2.29. The summed E-state index contributed by atoms with van der Waals surface area (Å²) in [7, 11) is -3.62. The molecule has 0 aliphatic rings. The van der Waals surface area contributed by atoms with Crippen molar-refractivity contribution in [2.24, 2.45) is 0 Å². The van der Waals surface area contributed by atoms with Gasteiger partial charge in [0.15, 0.2) is 0 Å². The topological polar surface area (TPSA) is 96.0 Å². The highest BCUT2D eigenvalue weighted by atomic mass is 35.5. The van der Waals surface area contributed by atoms with Crippen LogP contribution in [0.25, 0.3) is 0 Å². The SMILES string of the molecule is CCCNC(=O)[C@@H](CC)N(Cc1ccc(Cl)cc1)C(=O)CCCN(c1ccccc1OCC)S(C)(=O)=O. The molecule has 2 aromatic rings. The minimum absolute atomic E-state index is 0.0774. The van der Waals surface area contributed by atoms with E-state index in [2.05, 4.69) is 5.32 Å². The van der Waals surface area contributed by atoms with Crippen molar-refractivity contribution in [3.05, 3.63) is 59.1 Å². The highest BCUT2D eigenvalue weighted by molar-refractivity contribution is 7.92. The largest absolute Gasteiger partial charge is 0.492 e. The van der Waals surface area contributed by atoms with Crippen LogP contribution >= 0.6 is 11.6 Å². The van der Waals surface area contributed by atoms with Crippen molar-refractivity contribution in [3.63, 3.8) is 0 Å². The summed E-state index contributed by atoms with van der Waals surface area (Å²) < 4.78 is 32.1. The molecule has 0 fully saturated rings. The molecule has 0 spiro atoms. The van der Waals surface area contributed by atoms with Gasteiger partial charge < -0.3 is 15.0 Å². The van der Waals surface area contributed by atoms with E-state index in [1.165, 1.54) is 4.31 Å². The number of nitrogens with zero attached hydrogens (tertiary/aromatic N) is 2. The van der Waals surface area contributed by atoms with Gasteiger partial charge in [-0.2, -0.15) is 0 Å². The third-order valence-electron chi connectivity index (χ3n) is 5.79. The van der Waals surface area contributed by atoms with Crippen LogP contribution in [-0.4, -0.2) is 57.1 Å². The minimum Gasteiger partial charge on any atom is -0.492 e. The van der Waals surface area contributed by atoms with Crippen molar-refractivity contribution in [1.82, 2.24) is 10.2 Å². The average molecular weight is 552 g/mol. The summed E-state index contributed by atoms with van der Waals surface area (Å²) in [6, 6.07) is 13.4. The second kappa shape index (κ2) is 14.8.